The van der Waals surface area contributed by atoms with Crippen molar-refractivity contribution >= 4 is 47.0 Å². The Morgan fingerprint density at radius 3 is 2.23 bits per heavy atom. The first kappa shape index (κ1) is 30.7. The van der Waals surface area contributed by atoms with E-state index in [2.05, 4.69) is 10.3 Å². The van der Waals surface area contributed by atoms with Crippen molar-refractivity contribution in [2.45, 2.75) is 38.8 Å². The third-order valence-corrected chi connectivity index (χ3v) is 6.10. The number of carbonyl (C=O) groups is 3. The molecule has 9 nitrogen and oxygen atoms in total. The number of hydrogen-bond donors (Lipinski definition) is 1. The summed E-state index contributed by atoms with van der Waals surface area (Å²) in [5, 5.41) is 2.99. The molecule has 0 spiro atoms. The van der Waals surface area contributed by atoms with Gasteiger partial charge in [0.25, 0.3) is 5.91 Å². The number of aromatic nitrogens is 1. The second-order valence-electron chi connectivity index (χ2n) is 9.66. The average Bonchev–Trinajstić information content (AvgIpc) is 2.90. The second-order valence-corrected chi connectivity index (χ2v) is 10.5. The molecule has 0 fully saturated rings. The van der Waals surface area contributed by atoms with E-state index in [-0.39, 0.29) is 35.2 Å². The van der Waals surface area contributed by atoms with Crippen LogP contribution in [-0.4, -0.2) is 54.9 Å². The molecule has 0 unspecified atom stereocenters. The van der Waals surface area contributed by atoms with Crippen molar-refractivity contribution in [2.24, 2.45) is 0 Å². The Bertz CT molecular complexity index is 1290. The topological polar surface area (TPSA) is 107 Å². The molecule has 1 aromatic heterocycles. The number of ether oxygens (including phenoxy) is 3. The van der Waals surface area contributed by atoms with Crippen LogP contribution in [0.3, 0.4) is 0 Å². The maximum Gasteiger partial charge on any atom is 0.416 e. The van der Waals surface area contributed by atoms with Gasteiger partial charge in [-0.3, -0.25) is 9.69 Å². The van der Waals surface area contributed by atoms with Crippen molar-refractivity contribution in [3.63, 3.8) is 0 Å². The summed E-state index contributed by atoms with van der Waals surface area (Å²) in [6.45, 7) is 5.76. The number of nitrogens with zero attached hydrogens (tertiary/aromatic N) is 2. The highest BCUT2D eigenvalue weighted by Gasteiger charge is 2.26. The Morgan fingerprint density at radius 2 is 1.65 bits per heavy atom. The predicted molar refractivity (Wildman–Crippen MR) is 153 cm³/mol. The molecule has 11 heteroatoms. The van der Waals surface area contributed by atoms with Crippen molar-refractivity contribution in [1.29, 1.82) is 0 Å². The number of carbonyl (C=O) groups excluding carboxylic acids is 3. The lowest BCUT2D eigenvalue weighted by atomic mass is 10.0. The van der Waals surface area contributed by atoms with Gasteiger partial charge >= 0.3 is 12.1 Å². The van der Waals surface area contributed by atoms with Crippen LogP contribution in [0.25, 0.3) is 0 Å². The van der Waals surface area contributed by atoms with E-state index in [1.54, 1.807) is 75.5 Å². The van der Waals surface area contributed by atoms with Gasteiger partial charge in [-0.25, -0.2) is 14.6 Å². The van der Waals surface area contributed by atoms with E-state index in [1.165, 1.54) is 24.1 Å². The molecule has 0 bridgehead atoms. The molecule has 0 radical (unpaired) electrons. The summed E-state index contributed by atoms with van der Waals surface area (Å²) >= 11 is 12.3. The van der Waals surface area contributed by atoms with Gasteiger partial charge in [0, 0.05) is 12.6 Å². The molecule has 2 amide bonds. The van der Waals surface area contributed by atoms with E-state index in [1.807, 2.05) is 0 Å². The molecular formula is C29H31Cl2N3O6. The van der Waals surface area contributed by atoms with Gasteiger partial charge in [-0.15, -0.1) is 0 Å². The number of rotatable bonds is 10. The average molecular weight is 588 g/mol. The number of amides is 2. The number of pyridine rings is 1. The summed E-state index contributed by atoms with van der Waals surface area (Å²) in [6.07, 6.45) is 1.23. The zero-order valence-electron chi connectivity index (χ0n) is 22.6. The number of benzene rings is 2. The van der Waals surface area contributed by atoms with Crippen LogP contribution >= 0.6 is 23.2 Å². The van der Waals surface area contributed by atoms with Crippen molar-refractivity contribution in [2.75, 3.05) is 25.2 Å². The molecule has 1 heterocycles. The van der Waals surface area contributed by atoms with Crippen LogP contribution in [0, 0.1) is 0 Å². The van der Waals surface area contributed by atoms with Crippen LogP contribution < -0.4 is 15.0 Å². The molecule has 0 aliphatic heterocycles. The number of methoxy groups -OCH3 is 1. The molecule has 212 valence electrons. The van der Waals surface area contributed by atoms with E-state index >= 15 is 0 Å². The Morgan fingerprint density at radius 1 is 0.975 bits per heavy atom. The molecule has 0 saturated carbocycles. The van der Waals surface area contributed by atoms with E-state index in [0.717, 1.165) is 5.56 Å². The van der Waals surface area contributed by atoms with Crippen molar-refractivity contribution < 1.29 is 28.6 Å². The molecule has 3 rings (SSSR count). The van der Waals surface area contributed by atoms with Gasteiger partial charge in [-0.05, 0) is 62.7 Å². The smallest absolute Gasteiger partial charge is 0.416 e. The van der Waals surface area contributed by atoms with Crippen LogP contribution in [0.2, 0.25) is 10.0 Å². The molecule has 0 saturated heterocycles. The molecular weight excluding hydrogens is 557 g/mol. The summed E-state index contributed by atoms with van der Waals surface area (Å²) in [7, 11) is 1.24. The fourth-order valence-electron chi connectivity index (χ4n) is 3.62. The maximum atomic E-state index is 12.8. The number of halogens is 2. The van der Waals surface area contributed by atoms with Gasteiger partial charge in [0.1, 0.15) is 29.8 Å². The van der Waals surface area contributed by atoms with E-state index in [0.29, 0.717) is 11.6 Å². The van der Waals surface area contributed by atoms with Crippen molar-refractivity contribution in [1.82, 2.24) is 10.3 Å². The summed E-state index contributed by atoms with van der Waals surface area (Å²) in [5.41, 5.74) is 0.161. The highest BCUT2D eigenvalue weighted by molar-refractivity contribution is 6.39. The first-order valence-electron chi connectivity index (χ1n) is 12.4. The minimum absolute atomic E-state index is 0.0783. The van der Waals surface area contributed by atoms with Crippen molar-refractivity contribution in [3.8, 4) is 5.75 Å². The molecule has 40 heavy (non-hydrogen) atoms. The van der Waals surface area contributed by atoms with Crippen LogP contribution in [0.4, 0.5) is 10.6 Å². The molecule has 0 aliphatic carbocycles. The third-order valence-electron chi connectivity index (χ3n) is 5.47. The lowest BCUT2D eigenvalue weighted by molar-refractivity contribution is -0.142. The Labute approximate surface area is 243 Å². The first-order chi connectivity index (χ1) is 19.0. The minimum Gasteiger partial charge on any atom is -0.492 e. The van der Waals surface area contributed by atoms with Gasteiger partial charge in [-0.2, -0.15) is 0 Å². The monoisotopic (exact) mass is 587 g/mol. The lowest BCUT2D eigenvalue weighted by Crippen LogP contribution is -2.43. The SMILES string of the molecule is COC(=O)[C@H](Cc1ccc(OCCN(C(=O)OC(C)(C)C)c2ccccn2)cc1)NC(=O)c1c(Cl)cccc1Cl. The number of hydrogen-bond acceptors (Lipinski definition) is 7. The quantitative estimate of drug-likeness (QED) is 0.302. The summed E-state index contributed by atoms with van der Waals surface area (Å²) in [4.78, 5) is 43.6. The van der Waals surface area contributed by atoms with E-state index in [4.69, 9.17) is 37.4 Å². The first-order valence-corrected chi connectivity index (χ1v) is 13.2. The van der Waals surface area contributed by atoms with Crippen LogP contribution in [0.1, 0.15) is 36.7 Å². The Hall–Kier alpha value is -3.82. The standard InChI is InChI=1S/C29H31Cl2N3O6/c1-29(2,3)40-28(37)34(24-10-5-6-15-32-24)16-17-39-20-13-11-19(12-14-20)18-23(27(36)38-4)33-26(35)25-21(30)8-7-9-22(25)31/h5-15,23H,16-18H2,1-4H3,(H,33,35)/t23-/m0/s1. The van der Waals surface area contributed by atoms with E-state index in [9.17, 15) is 14.4 Å². The van der Waals surface area contributed by atoms with Gasteiger partial charge in [0.05, 0.1) is 29.3 Å². The zero-order chi connectivity index (χ0) is 29.3. The van der Waals surface area contributed by atoms with Crippen LogP contribution in [0.5, 0.6) is 5.75 Å². The molecule has 3 aromatic rings. The summed E-state index contributed by atoms with van der Waals surface area (Å²) < 4.78 is 16.2. The number of anilines is 1. The highest BCUT2D eigenvalue weighted by atomic mass is 35.5. The fraction of sp³-hybridized carbons (Fsp3) is 0.310. The molecule has 2 aromatic carbocycles. The summed E-state index contributed by atoms with van der Waals surface area (Å²) in [5.74, 6) is -0.206. The number of nitrogens with one attached hydrogen (secondary N) is 1. The summed E-state index contributed by atoms with van der Waals surface area (Å²) in [6, 6.07) is 16.0. The molecule has 1 N–H and O–H groups in total. The van der Waals surface area contributed by atoms with Crippen LogP contribution in [0.15, 0.2) is 66.9 Å². The maximum absolute atomic E-state index is 12.8. The minimum atomic E-state index is -0.975. The molecule has 0 aliphatic rings. The predicted octanol–water partition coefficient (Wildman–Crippen LogP) is 5.72. The zero-order valence-corrected chi connectivity index (χ0v) is 24.2. The number of esters is 1. The van der Waals surface area contributed by atoms with Crippen LogP contribution in [-0.2, 0) is 20.7 Å². The third kappa shape index (κ3) is 8.86. The van der Waals surface area contributed by atoms with E-state index < -0.39 is 29.6 Å². The van der Waals surface area contributed by atoms with Gasteiger partial charge in [-0.1, -0.05) is 47.5 Å². The van der Waals surface area contributed by atoms with Crippen molar-refractivity contribution in [3.05, 3.63) is 88.0 Å². The lowest BCUT2D eigenvalue weighted by Gasteiger charge is -2.26. The molecule has 1 atom stereocenters. The van der Waals surface area contributed by atoms with Gasteiger partial charge < -0.3 is 19.5 Å². The second kappa shape index (κ2) is 14.0. The fourth-order valence-corrected chi connectivity index (χ4v) is 4.19. The normalized spacial score (nSPS) is 11.8. The van der Waals surface area contributed by atoms with Gasteiger partial charge in [0.2, 0.25) is 0 Å². The van der Waals surface area contributed by atoms with Gasteiger partial charge in [0.15, 0.2) is 0 Å². The Balaban J connectivity index is 1.63. The Kier molecular flexibility index (Phi) is 10.8. The highest BCUT2D eigenvalue weighted by Crippen LogP contribution is 2.24. The largest absolute Gasteiger partial charge is 0.492 e.